The maximum atomic E-state index is 12.0. The molecule has 2 nitrogen and oxygen atoms in total. The van der Waals surface area contributed by atoms with Gasteiger partial charge in [0.1, 0.15) is 6.61 Å². The lowest BCUT2D eigenvalue weighted by molar-refractivity contribution is -0.156. The Balaban J connectivity index is 1.83. The van der Waals surface area contributed by atoms with Crippen LogP contribution in [0.5, 0.6) is 0 Å². The van der Waals surface area contributed by atoms with Gasteiger partial charge in [0, 0.05) is 0 Å². The van der Waals surface area contributed by atoms with Crippen LogP contribution in [0.1, 0.15) is 38.7 Å². The highest BCUT2D eigenvalue weighted by Crippen LogP contribution is 2.40. The summed E-state index contributed by atoms with van der Waals surface area (Å²) in [5.74, 6) is 0.669. The van der Waals surface area contributed by atoms with Crippen molar-refractivity contribution in [3.8, 4) is 0 Å². The summed E-state index contributed by atoms with van der Waals surface area (Å²) in [5.41, 5.74) is 0.707. The summed E-state index contributed by atoms with van der Waals surface area (Å²) in [6.07, 6.45) is 3.51. The van der Waals surface area contributed by atoms with Crippen molar-refractivity contribution in [2.24, 2.45) is 11.3 Å². The molecule has 1 aromatic rings. The zero-order valence-electron chi connectivity index (χ0n) is 10.6. The molecule has 0 N–H and O–H groups in total. The standard InChI is InChI=1S/C15H20O2/c1-15(2,10-12-8-9-12)14(16)17-11-13-6-4-3-5-7-13/h3-7,12H,8-11H2,1-2H3. The molecule has 0 radical (unpaired) electrons. The predicted octanol–water partition coefficient (Wildman–Crippen LogP) is 3.56. The average Bonchev–Trinajstić information content (AvgIpc) is 3.10. The summed E-state index contributed by atoms with van der Waals surface area (Å²) in [7, 11) is 0. The van der Waals surface area contributed by atoms with Gasteiger partial charge in [-0.2, -0.15) is 0 Å². The van der Waals surface area contributed by atoms with Crippen molar-refractivity contribution in [3.63, 3.8) is 0 Å². The van der Waals surface area contributed by atoms with Crippen molar-refractivity contribution < 1.29 is 9.53 Å². The van der Waals surface area contributed by atoms with E-state index < -0.39 is 0 Å². The summed E-state index contributed by atoms with van der Waals surface area (Å²) < 4.78 is 5.38. The summed E-state index contributed by atoms with van der Waals surface area (Å²) in [6, 6.07) is 9.82. The molecule has 1 fully saturated rings. The van der Waals surface area contributed by atoms with E-state index in [1.54, 1.807) is 0 Å². The quantitative estimate of drug-likeness (QED) is 0.726. The second-order valence-corrected chi connectivity index (χ2v) is 5.59. The summed E-state index contributed by atoms with van der Waals surface area (Å²) >= 11 is 0. The molecule has 1 saturated carbocycles. The van der Waals surface area contributed by atoms with Crippen LogP contribution in [-0.4, -0.2) is 5.97 Å². The Labute approximate surface area is 103 Å². The maximum Gasteiger partial charge on any atom is 0.311 e. The van der Waals surface area contributed by atoms with Crippen LogP contribution in [0.2, 0.25) is 0 Å². The van der Waals surface area contributed by atoms with Gasteiger partial charge >= 0.3 is 5.97 Å². The third kappa shape index (κ3) is 3.58. The molecule has 0 aliphatic heterocycles. The van der Waals surface area contributed by atoms with Gasteiger partial charge in [-0.25, -0.2) is 0 Å². The smallest absolute Gasteiger partial charge is 0.311 e. The Morgan fingerprint density at radius 2 is 1.94 bits per heavy atom. The molecular formula is C15H20O2. The molecule has 0 spiro atoms. The third-order valence-electron chi connectivity index (χ3n) is 3.26. The lowest BCUT2D eigenvalue weighted by Crippen LogP contribution is -2.27. The summed E-state index contributed by atoms with van der Waals surface area (Å²) in [4.78, 5) is 12.0. The molecule has 0 amide bonds. The fourth-order valence-electron chi connectivity index (χ4n) is 2.05. The average molecular weight is 232 g/mol. The highest BCUT2D eigenvalue weighted by Gasteiger charge is 2.36. The second-order valence-electron chi connectivity index (χ2n) is 5.59. The minimum Gasteiger partial charge on any atom is -0.460 e. The first-order valence-corrected chi connectivity index (χ1v) is 6.29. The van der Waals surface area contributed by atoms with Crippen molar-refractivity contribution >= 4 is 5.97 Å². The van der Waals surface area contributed by atoms with E-state index in [0.29, 0.717) is 6.61 Å². The first-order chi connectivity index (χ1) is 8.08. The molecule has 0 heterocycles. The number of hydrogen-bond acceptors (Lipinski definition) is 2. The highest BCUT2D eigenvalue weighted by atomic mass is 16.5. The van der Waals surface area contributed by atoms with Gasteiger partial charge in [0.25, 0.3) is 0 Å². The van der Waals surface area contributed by atoms with Crippen LogP contribution in [0, 0.1) is 11.3 Å². The van der Waals surface area contributed by atoms with Crippen LogP contribution >= 0.6 is 0 Å². The van der Waals surface area contributed by atoms with Crippen LogP contribution < -0.4 is 0 Å². The van der Waals surface area contributed by atoms with Crippen molar-refractivity contribution in [2.75, 3.05) is 0 Å². The summed E-state index contributed by atoms with van der Waals surface area (Å²) in [6.45, 7) is 4.35. The minimum atomic E-state index is -0.337. The molecule has 1 aliphatic carbocycles. The SMILES string of the molecule is CC(C)(CC1CC1)C(=O)OCc1ccccc1. The van der Waals surface area contributed by atoms with E-state index in [9.17, 15) is 4.79 Å². The highest BCUT2D eigenvalue weighted by molar-refractivity contribution is 5.75. The Morgan fingerprint density at radius 1 is 1.29 bits per heavy atom. The normalized spacial score (nSPS) is 15.6. The monoisotopic (exact) mass is 232 g/mol. The number of esters is 1. The van der Waals surface area contributed by atoms with Gasteiger partial charge in [-0.1, -0.05) is 43.2 Å². The molecular weight excluding hydrogens is 212 g/mol. The topological polar surface area (TPSA) is 26.3 Å². The number of carbonyl (C=O) groups is 1. The Bertz CT molecular complexity index is 377. The third-order valence-corrected chi connectivity index (χ3v) is 3.26. The van der Waals surface area contributed by atoms with Crippen LogP contribution in [0.25, 0.3) is 0 Å². The predicted molar refractivity (Wildman–Crippen MR) is 67.4 cm³/mol. The molecule has 0 saturated heterocycles. The Hall–Kier alpha value is -1.31. The largest absolute Gasteiger partial charge is 0.460 e. The lowest BCUT2D eigenvalue weighted by atomic mass is 9.87. The van der Waals surface area contributed by atoms with E-state index in [1.807, 2.05) is 44.2 Å². The molecule has 0 aromatic heterocycles. The minimum absolute atomic E-state index is 0.0757. The van der Waals surface area contributed by atoms with Crippen molar-refractivity contribution in [3.05, 3.63) is 35.9 Å². The van der Waals surface area contributed by atoms with Crippen LogP contribution in [0.4, 0.5) is 0 Å². The van der Waals surface area contributed by atoms with Gasteiger partial charge in [0.05, 0.1) is 5.41 Å². The van der Waals surface area contributed by atoms with Crippen molar-refractivity contribution in [1.82, 2.24) is 0 Å². The number of hydrogen-bond donors (Lipinski definition) is 0. The molecule has 92 valence electrons. The molecule has 17 heavy (non-hydrogen) atoms. The molecule has 0 bridgehead atoms. The lowest BCUT2D eigenvalue weighted by Gasteiger charge is -2.22. The Kier molecular flexibility index (Phi) is 3.51. The number of benzene rings is 1. The molecule has 2 heteroatoms. The van der Waals surface area contributed by atoms with Gasteiger partial charge in [-0.15, -0.1) is 0 Å². The molecule has 1 aliphatic rings. The number of ether oxygens (including phenoxy) is 1. The molecule has 1 aromatic carbocycles. The van der Waals surface area contributed by atoms with Gasteiger partial charge in [0.2, 0.25) is 0 Å². The molecule has 0 atom stereocenters. The van der Waals surface area contributed by atoms with Gasteiger partial charge in [0.15, 0.2) is 0 Å². The fraction of sp³-hybridized carbons (Fsp3) is 0.533. The van der Waals surface area contributed by atoms with E-state index in [-0.39, 0.29) is 11.4 Å². The van der Waals surface area contributed by atoms with Crippen molar-refractivity contribution in [2.45, 2.75) is 39.7 Å². The Morgan fingerprint density at radius 3 is 2.53 bits per heavy atom. The van der Waals surface area contributed by atoms with E-state index in [2.05, 4.69) is 0 Å². The van der Waals surface area contributed by atoms with Crippen molar-refractivity contribution in [1.29, 1.82) is 0 Å². The maximum absolute atomic E-state index is 12.0. The molecule has 2 rings (SSSR count). The number of rotatable bonds is 5. The second kappa shape index (κ2) is 4.91. The van der Waals surface area contributed by atoms with Gasteiger partial charge in [-0.3, -0.25) is 4.79 Å². The zero-order valence-corrected chi connectivity index (χ0v) is 10.6. The first kappa shape index (κ1) is 12.2. The van der Waals surface area contributed by atoms with E-state index in [4.69, 9.17) is 4.74 Å². The zero-order chi connectivity index (χ0) is 12.3. The van der Waals surface area contributed by atoms with E-state index >= 15 is 0 Å². The summed E-state index contributed by atoms with van der Waals surface area (Å²) in [5, 5.41) is 0. The van der Waals surface area contributed by atoms with Crippen LogP contribution in [0.15, 0.2) is 30.3 Å². The molecule has 0 unspecified atom stereocenters. The van der Waals surface area contributed by atoms with E-state index in [1.165, 1.54) is 12.8 Å². The van der Waals surface area contributed by atoms with Gasteiger partial charge < -0.3 is 4.74 Å². The fourth-order valence-corrected chi connectivity index (χ4v) is 2.05. The van der Waals surface area contributed by atoms with Crippen LogP contribution in [-0.2, 0) is 16.1 Å². The van der Waals surface area contributed by atoms with Crippen LogP contribution in [0.3, 0.4) is 0 Å². The first-order valence-electron chi connectivity index (χ1n) is 6.29. The van der Waals surface area contributed by atoms with E-state index in [0.717, 1.165) is 17.9 Å². The number of carbonyl (C=O) groups excluding carboxylic acids is 1. The van der Waals surface area contributed by atoms with Gasteiger partial charge in [-0.05, 0) is 31.7 Å².